The van der Waals surface area contributed by atoms with Crippen LogP contribution in [0.5, 0.6) is 0 Å². The van der Waals surface area contributed by atoms with E-state index in [1.165, 1.54) is 0 Å². The van der Waals surface area contributed by atoms with Crippen molar-refractivity contribution in [1.82, 2.24) is 9.55 Å². The Balaban J connectivity index is 2.60. The summed E-state index contributed by atoms with van der Waals surface area (Å²) in [6.07, 6.45) is -10.8. The van der Waals surface area contributed by atoms with E-state index in [-0.39, 0.29) is 4.64 Å². The topological polar surface area (TPSA) is 108 Å². The van der Waals surface area contributed by atoms with Gasteiger partial charge in [0, 0.05) is 6.20 Å². The van der Waals surface area contributed by atoms with Gasteiger partial charge in [-0.1, -0.05) is 12.2 Å². The van der Waals surface area contributed by atoms with E-state index in [1.807, 2.05) is 0 Å². The maximum absolute atomic E-state index is 13.1. The first-order valence-electron chi connectivity index (χ1n) is 5.68. The molecule has 1 fully saturated rings. The van der Waals surface area contributed by atoms with Crippen molar-refractivity contribution in [3.63, 3.8) is 0 Å². The molecule has 1 aromatic rings. The van der Waals surface area contributed by atoms with Gasteiger partial charge in [0.05, 0.1) is 6.61 Å². The van der Waals surface area contributed by atoms with Gasteiger partial charge in [0.2, 0.25) is 5.60 Å². The zero-order valence-electron chi connectivity index (χ0n) is 10.2. The van der Waals surface area contributed by atoms with Crippen molar-refractivity contribution < 1.29 is 33.2 Å². The normalized spacial score (nSPS) is 33.3. The molecule has 0 spiro atoms. The molecule has 0 amide bonds. The standard InChI is InChI=1S/C10H11F3N2O5S/c11-10(12,13)9(19)6(17)4(3-16)20-7(9)15-2-1-5(21)14-8(15)18/h1-2,4,6-7,16-17,19H,3H2,(H,14,18,21). The van der Waals surface area contributed by atoms with Gasteiger partial charge >= 0.3 is 11.9 Å². The lowest BCUT2D eigenvalue weighted by Gasteiger charge is -2.33. The van der Waals surface area contributed by atoms with Gasteiger partial charge in [-0.2, -0.15) is 13.2 Å². The number of aromatic amines is 1. The Morgan fingerprint density at radius 3 is 2.62 bits per heavy atom. The van der Waals surface area contributed by atoms with Crippen LogP contribution in [0.4, 0.5) is 13.2 Å². The molecule has 11 heteroatoms. The van der Waals surface area contributed by atoms with Gasteiger partial charge < -0.3 is 20.1 Å². The summed E-state index contributed by atoms with van der Waals surface area (Å²) in [5, 5.41) is 28.5. The number of hydrogen-bond donors (Lipinski definition) is 4. The van der Waals surface area contributed by atoms with E-state index >= 15 is 0 Å². The van der Waals surface area contributed by atoms with Crippen molar-refractivity contribution in [3.8, 4) is 0 Å². The Bertz CT molecular complexity index is 645. The number of nitrogens with zero attached hydrogens (tertiary/aromatic N) is 1. The first kappa shape index (κ1) is 16.1. The van der Waals surface area contributed by atoms with E-state index in [2.05, 4.69) is 17.2 Å². The van der Waals surface area contributed by atoms with Crippen molar-refractivity contribution in [2.24, 2.45) is 0 Å². The van der Waals surface area contributed by atoms with Gasteiger partial charge in [0.15, 0.2) is 6.23 Å². The molecule has 0 aliphatic carbocycles. The molecular weight excluding hydrogens is 317 g/mol. The molecule has 0 radical (unpaired) electrons. The van der Waals surface area contributed by atoms with E-state index in [1.54, 1.807) is 0 Å². The van der Waals surface area contributed by atoms with Crippen LogP contribution in [-0.4, -0.2) is 55.5 Å². The smallest absolute Gasteiger partial charge is 0.394 e. The predicted molar refractivity (Wildman–Crippen MR) is 63.9 cm³/mol. The Labute approximate surface area is 120 Å². The lowest BCUT2D eigenvalue weighted by molar-refractivity contribution is -0.304. The third-order valence-corrected chi connectivity index (χ3v) is 3.46. The number of nitrogens with one attached hydrogen (secondary N) is 1. The third-order valence-electron chi connectivity index (χ3n) is 3.22. The molecule has 2 heterocycles. The maximum atomic E-state index is 13.1. The minimum absolute atomic E-state index is 0.0240. The highest BCUT2D eigenvalue weighted by molar-refractivity contribution is 7.71. The monoisotopic (exact) mass is 328 g/mol. The molecule has 4 unspecified atom stereocenters. The van der Waals surface area contributed by atoms with E-state index < -0.39 is 42.5 Å². The van der Waals surface area contributed by atoms with Crippen LogP contribution in [0, 0.1) is 4.64 Å². The number of hydrogen-bond acceptors (Lipinski definition) is 6. The van der Waals surface area contributed by atoms with Gasteiger partial charge in [0.25, 0.3) is 0 Å². The molecule has 4 atom stereocenters. The summed E-state index contributed by atoms with van der Waals surface area (Å²) in [4.78, 5) is 13.8. The Kier molecular flexibility index (Phi) is 3.97. The van der Waals surface area contributed by atoms with Crippen molar-refractivity contribution in [3.05, 3.63) is 27.4 Å². The first-order chi connectivity index (χ1) is 9.62. The van der Waals surface area contributed by atoms with E-state index in [4.69, 9.17) is 9.84 Å². The van der Waals surface area contributed by atoms with Crippen LogP contribution in [0.25, 0.3) is 0 Å². The molecule has 1 aliphatic rings. The maximum Gasteiger partial charge on any atom is 0.424 e. The Morgan fingerprint density at radius 1 is 1.52 bits per heavy atom. The fourth-order valence-electron chi connectivity index (χ4n) is 2.11. The summed E-state index contributed by atoms with van der Waals surface area (Å²) in [6, 6.07) is 1.12. The first-order valence-corrected chi connectivity index (χ1v) is 6.08. The van der Waals surface area contributed by atoms with Crippen molar-refractivity contribution in [1.29, 1.82) is 0 Å². The molecule has 4 N–H and O–H groups in total. The van der Waals surface area contributed by atoms with Crippen LogP contribution < -0.4 is 5.69 Å². The van der Waals surface area contributed by atoms with Gasteiger partial charge in [0.1, 0.15) is 16.8 Å². The number of aromatic nitrogens is 2. The predicted octanol–water partition coefficient (Wildman–Crippen LogP) is -0.550. The fraction of sp³-hybridized carbons (Fsp3) is 0.600. The zero-order valence-corrected chi connectivity index (χ0v) is 11.1. The summed E-state index contributed by atoms with van der Waals surface area (Å²) in [7, 11) is 0. The lowest BCUT2D eigenvalue weighted by atomic mass is 9.93. The number of alkyl halides is 3. The highest BCUT2D eigenvalue weighted by atomic mass is 32.1. The number of H-pyrrole nitrogens is 1. The highest BCUT2D eigenvalue weighted by Gasteiger charge is 2.70. The molecule has 118 valence electrons. The Hall–Kier alpha value is -1.27. The molecule has 7 nitrogen and oxygen atoms in total. The molecule has 1 aromatic heterocycles. The van der Waals surface area contributed by atoms with Crippen LogP contribution >= 0.6 is 12.2 Å². The molecule has 21 heavy (non-hydrogen) atoms. The zero-order chi connectivity index (χ0) is 16.0. The quantitative estimate of drug-likeness (QED) is 0.543. The summed E-state index contributed by atoms with van der Waals surface area (Å²) in [5.41, 5.74) is -4.80. The van der Waals surface area contributed by atoms with Crippen LogP contribution in [0.2, 0.25) is 0 Å². The number of ether oxygens (including phenoxy) is 1. The molecule has 0 bridgehead atoms. The van der Waals surface area contributed by atoms with Gasteiger partial charge in [-0.15, -0.1) is 0 Å². The van der Waals surface area contributed by atoms with Gasteiger partial charge in [-0.25, -0.2) is 4.79 Å². The summed E-state index contributed by atoms with van der Waals surface area (Å²) in [5.74, 6) is 0. The summed E-state index contributed by atoms with van der Waals surface area (Å²) in [6.45, 7) is -0.965. The lowest BCUT2D eigenvalue weighted by Crippen LogP contribution is -2.58. The van der Waals surface area contributed by atoms with Crippen molar-refractivity contribution in [2.45, 2.75) is 30.2 Å². The van der Waals surface area contributed by atoms with Crippen LogP contribution in [0.3, 0.4) is 0 Å². The number of aliphatic hydroxyl groups excluding tert-OH is 2. The van der Waals surface area contributed by atoms with Crippen molar-refractivity contribution in [2.75, 3.05) is 6.61 Å². The van der Waals surface area contributed by atoms with Crippen LogP contribution in [0.15, 0.2) is 17.1 Å². The summed E-state index contributed by atoms with van der Waals surface area (Å²) >= 11 is 4.65. The second-order valence-corrected chi connectivity index (χ2v) is 4.93. The number of halogens is 3. The SMILES string of the molecule is O=c1[nH]c(=S)ccn1C1OC(CO)C(O)C1(O)C(F)(F)F. The minimum atomic E-state index is -5.30. The van der Waals surface area contributed by atoms with Gasteiger partial charge in [-0.05, 0) is 6.07 Å². The van der Waals surface area contributed by atoms with Crippen molar-refractivity contribution >= 4 is 12.2 Å². The number of rotatable bonds is 2. The average molecular weight is 328 g/mol. The Morgan fingerprint density at radius 2 is 2.14 bits per heavy atom. The molecule has 1 aliphatic heterocycles. The third kappa shape index (κ3) is 2.40. The van der Waals surface area contributed by atoms with E-state index in [9.17, 15) is 28.2 Å². The second-order valence-electron chi connectivity index (χ2n) is 4.49. The largest absolute Gasteiger partial charge is 0.424 e. The minimum Gasteiger partial charge on any atom is -0.394 e. The van der Waals surface area contributed by atoms with Gasteiger partial charge in [-0.3, -0.25) is 9.55 Å². The molecule has 0 aromatic carbocycles. The number of aliphatic hydroxyl groups is 3. The summed E-state index contributed by atoms with van der Waals surface area (Å²) < 4.78 is 44.6. The average Bonchev–Trinajstić information content (AvgIpc) is 2.63. The molecule has 1 saturated heterocycles. The van der Waals surface area contributed by atoms with Crippen LogP contribution in [-0.2, 0) is 4.74 Å². The second kappa shape index (κ2) is 5.18. The van der Waals surface area contributed by atoms with Crippen LogP contribution in [0.1, 0.15) is 6.23 Å². The molecule has 2 rings (SSSR count). The van der Waals surface area contributed by atoms with E-state index in [0.717, 1.165) is 12.3 Å². The molecular formula is C10H11F3N2O5S. The molecule has 0 saturated carbocycles. The highest BCUT2D eigenvalue weighted by Crippen LogP contribution is 2.47. The fourth-order valence-corrected chi connectivity index (χ4v) is 2.26. The van der Waals surface area contributed by atoms with E-state index in [0.29, 0.717) is 4.57 Å².